The number of hydrogen-bond donors (Lipinski definition) is 1. The molecule has 22 heavy (non-hydrogen) atoms. The Labute approximate surface area is 136 Å². The van der Waals surface area contributed by atoms with Crippen LogP contribution in [0.15, 0.2) is 0 Å². The Morgan fingerprint density at radius 2 is 1.82 bits per heavy atom. The quantitative estimate of drug-likeness (QED) is 0.638. The van der Waals surface area contributed by atoms with Gasteiger partial charge in [0.15, 0.2) is 20.9 Å². The largest absolute Gasteiger partial charge is 0.444 e. The Bertz CT molecular complexity index is 399. The summed E-state index contributed by atoms with van der Waals surface area (Å²) in [5, 5.41) is 0.135. The van der Waals surface area contributed by atoms with Crippen LogP contribution in [0.4, 0.5) is 4.79 Å². The van der Waals surface area contributed by atoms with Crippen LogP contribution < -0.4 is 5.73 Å². The summed E-state index contributed by atoms with van der Waals surface area (Å²) < 4.78 is 11.7. The van der Waals surface area contributed by atoms with Crippen molar-refractivity contribution in [3.8, 4) is 0 Å². The molecule has 5 nitrogen and oxygen atoms in total. The Morgan fingerprint density at radius 3 is 2.27 bits per heavy atom. The fourth-order valence-electron chi connectivity index (χ4n) is 1.98. The summed E-state index contributed by atoms with van der Waals surface area (Å²) in [6.07, 6.45) is 1.63. The Hall–Kier alpha value is -0.723. The molecule has 2 N–H and O–H groups in total. The molecule has 0 aromatic heterocycles. The van der Waals surface area contributed by atoms with Crippen molar-refractivity contribution >= 4 is 14.4 Å². The first-order valence-electron chi connectivity index (χ1n) is 7.97. The minimum absolute atomic E-state index is 0.135. The van der Waals surface area contributed by atoms with Crippen molar-refractivity contribution in [3.63, 3.8) is 0 Å². The van der Waals surface area contributed by atoms with Gasteiger partial charge in [-0.05, 0) is 38.9 Å². The van der Waals surface area contributed by atoms with Crippen LogP contribution >= 0.6 is 0 Å². The first-order chi connectivity index (χ1) is 9.74. The topological polar surface area (TPSA) is 64.8 Å². The van der Waals surface area contributed by atoms with E-state index in [9.17, 15) is 4.79 Å². The first-order valence-corrected chi connectivity index (χ1v) is 10.9. The van der Waals surface area contributed by atoms with Crippen LogP contribution in [0.5, 0.6) is 0 Å². The van der Waals surface area contributed by atoms with Crippen molar-refractivity contribution in [1.29, 1.82) is 0 Å². The molecule has 1 aliphatic heterocycles. The van der Waals surface area contributed by atoms with Crippen LogP contribution in [0.3, 0.4) is 0 Å². The minimum atomic E-state index is -1.86. The van der Waals surface area contributed by atoms with Gasteiger partial charge in [0.2, 0.25) is 0 Å². The Balaban J connectivity index is 2.72. The number of amides is 1. The van der Waals surface area contributed by atoms with Crippen molar-refractivity contribution < 1.29 is 14.0 Å². The van der Waals surface area contributed by atoms with Crippen LogP contribution in [0.1, 0.15) is 41.5 Å². The summed E-state index contributed by atoms with van der Waals surface area (Å²) in [6.45, 7) is 17.6. The van der Waals surface area contributed by atoms with E-state index in [2.05, 4.69) is 33.9 Å². The highest BCUT2D eigenvalue weighted by Crippen LogP contribution is 2.37. The minimum Gasteiger partial charge on any atom is -0.444 e. The van der Waals surface area contributed by atoms with Gasteiger partial charge in [-0.25, -0.2) is 4.79 Å². The van der Waals surface area contributed by atoms with E-state index in [1.807, 2.05) is 27.2 Å². The predicted octanol–water partition coefficient (Wildman–Crippen LogP) is 3.16. The summed E-state index contributed by atoms with van der Waals surface area (Å²) in [4.78, 5) is 14.0. The van der Waals surface area contributed by atoms with Crippen LogP contribution in [0.25, 0.3) is 0 Å². The number of hydrogen-bond acceptors (Lipinski definition) is 4. The van der Waals surface area contributed by atoms with Gasteiger partial charge in [0, 0.05) is 0 Å². The molecule has 1 amide bonds. The summed E-state index contributed by atoms with van der Waals surface area (Å²) in [5.74, 6) is 0. The van der Waals surface area contributed by atoms with E-state index in [1.54, 1.807) is 4.90 Å². The molecule has 0 radical (unpaired) electrons. The maximum Gasteiger partial charge on any atom is 0.414 e. The fourth-order valence-corrected chi connectivity index (χ4v) is 3.00. The molecule has 1 rings (SSSR count). The lowest BCUT2D eigenvalue weighted by Gasteiger charge is -2.37. The lowest BCUT2D eigenvalue weighted by atomic mass is 10.1. The van der Waals surface area contributed by atoms with Gasteiger partial charge in [0.05, 0.1) is 6.61 Å². The van der Waals surface area contributed by atoms with Gasteiger partial charge in [-0.3, -0.25) is 10.6 Å². The lowest BCUT2D eigenvalue weighted by molar-refractivity contribution is 0.0174. The number of nitrogens with zero attached hydrogens (tertiary/aromatic N) is 1. The molecule has 0 unspecified atom stereocenters. The monoisotopic (exact) mass is 329 g/mol. The van der Waals surface area contributed by atoms with Crippen molar-refractivity contribution in [3.05, 3.63) is 6.42 Å². The molecule has 1 aliphatic rings. The number of ether oxygens (including phenoxy) is 1. The van der Waals surface area contributed by atoms with E-state index in [0.717, 1.165) is 0 Å². The van der Waals surface area contributed by atoms with E-state index >= 15 is 0 Å². The molecule has 128 valence electrons. The zero-order valence-electron chi connectivity index (χ0n) is 15.4. The normalized spacial score (nSPS) is 23.4. The van der Waals surface area contributed by atoms with Crippen LogP contribution in [-0.2, 0) is 9.16 Å². The standard InChI is InChI=1S/C16H33N2O3Si/c1-15(2,3)21-14(19)18-10-9-12(17)13(18)11-20-22(7,8)16(4,5)6/h9,12-13H,10-11,17H2,1-8H3/q+1/t12-,13-/m0/s1. The highest BCUT2D eigenvalue weighted by molar-refractivity contribution is 6.74. The molecule has 0 spiro atoms. The first kappa shape index (κ1) is 19.3. The molecule has 6 heteroatoms. The van der Waals surface area contributed by atoms with Gasteiger partial charge in [-0.15, -0.1) is 0 Å². The number of carbonyl (C=O) groups excluding carboxylic acids is 1. The van der Waals surface area contributed by atoms with E-state index in [0.29, 0.717) is 13.2 Å². The van der Waals surface area contributed by atoms with Crippen molar-refractivity contribution in [1.82, 2.24) is 4.90 Å². The number of carbonyl (C=O) groups is 1. The summed E-state index contributed by atoms with van der Waals surface area (Å²) in [7, 11) is -1.86. The van der Waals surface area contributed by atoms with Gasteiger partial charge in [0.25, 0.3) is 0 Å². The van der Waals surface area contributed by atoms with Gasteiger partial charge in [0.1, 0.15) is 18.1 Å². The smallest absolute Gasteiger partial charge is 0.414 e. The SMILES string of the molecule is CC(C)(C)OC(=O)N1C[CH+][C@H](N)[C@@H]1CO[Si](C)(C)C(C)(C)C. The maximum atomic E-state index is 12.3. The van der Waals surface area contributed by atoms with E-state index in [1.165, 1.54) is 0 Å². The summed E-state index contributed by atoms with van der Waals surface area (Å²) >= 11 is 0. The zero-order chi connectivity index (χ0) is 17.3. The molecular weight excluding hydrogens is 296 g/mol. The van der Waals surface area contributed by atoms with Gasteiger partial charge < -0.3 is 9.16 Å². The molecule has 2 atom stereocenters. The van der Waals surface area contributed by atoms with Crippen LogP contribution in [-0.4, -0.2) is 50.1 Å². The van der Waals surface area contributed by atoms with Crippen LogP contribution in [0.2, 0.25) is 18.1 Å². The third-order valence-corrected chi connectivity index (χ3v) is 8.97. The van der Waals surface area contributed by atoms with E-state index < -0.39 is 13.9 Å². The van der Waals surface area contributed by atoms with Crippen LogP contribution in [0, 0.1) is 6.42 Å². The molecule has 0 saturated carbocycles. The van der Waals surface area contributed by atoms with Gasteiger partial charge >= 0.3 is 6.09 Å². The average Bonchev–Trinajstić information content (AvgIpc) is 2.64. The van der Waals surface area contributed by atoms with E-state index in [4.69, 9.17) is 14.9 Å². The van der Waals surface area contributed by atoms with Gasteiger partial charge in [-0.2, -0.15) is 0 Å². The molecule has 1 heterocycles. The number of likely N-dealkylation sites (tertiary alicyclic amines) is 1. The lowest BCUT2D eigenvalue weighted by Crippen LogP contribution is -2.50. The van der Waals surface area contributed by atoms with Crippen molar-refractivity contribution in [2.45, 2.75) is 77.4 Å². The third-order valence-electron chi connectivity index (χ3n) is 4.47. The molecule has 0 bridgehead atoms. The number of nitrogens with two attached hydrogens (primary N) is 1. The molecular formula is C16H33N2O3Si+. The van der Waals surface area contributed by atoms with Crippen molar-refractivity contribution in [2.75, 3.05) is 13.2 Å². The molecule has 0 aromatic rings. The second-order valence-electron chi connectivity index (χ2n) is 8.58. The number of rotatable bonds is 3. The zero-order valence-corrected chi connectivity index (χ0v) is 16.4. The van der Waals surface area contributed by atoms with Crippen molar-refractivity contribution in [2.24, 2.45) is 5.73 Å². The van der Waals surface area contributed by atoms with Gasteiger partial charge in [-0.1, -0.05) is 20.8 Å². The fraction of sp³-hybridized carbons (Fsp3) is 0.875. The Kier molecular flexibility index (Phi) is 5.63. The highest BCUT2D eigenvalue weighted by atomic mass is 28.4. The third kappa shape index (κ3) is 4.89. The molecule has 1 saturated heterocycles. The second kappa shape index (κ2) is 6.41. The molecule has 1 fully saturated rings. The molecule has 0 aromatic carbocycles. The second-order valence-corrected chi connectivity index (χ2v) is 13.4. The predicted molar refractivity (Wildman–Crippen MR) is 92.2 cm³/mol. The van der Waals surface area contributed by atoms with E-state index in [-0.39, 0.29) is 23.2 Å². The maximum absolute atomic E-state index is 12.3. The highest BCUT2D eigenvalue weighted by Gasteiger charge is 2.46. The average molecular weight is 330 g/mol. The Morgan fingerprint density at radius 1 is 1.27 bits per heavy atom. The summed E-state index contributed by atoms with van der Waals surface area (Å²) in [6, 6.07) is -0.318. The molecule has 0 aliphatic carbocycles. The summed E-state index contributed by atoms with van der Waals surface area (Å²) in [5.41, 5.74) is 5.63.